The fourth-order valence-corrected chi connectivity index (χ4v) is 2.78. The number of benzene rings is 1. The van der Waals surface area contributed by atoms with Crippen LogP contribution in [0.4, 0.5) is 0 Å². The van der Waals surface area contributed by atoms with Crippen molar-refractivity contribution in [3.05, 3.63) is 33.4 Å². The first kappa shape index (κ1) is 16.6. The van der Waals surface area contributed by atoms with Crippen LogP contribution in [-0.4, -0.2) is 16.4 Å². The molecule has 0 fully saturated rings. The van der Waals surface area contributed by atoms with Gasteiger partial charge < -0.3 is 16.0 Å². The second kappa shape index (κ2) is 5.91. The van der Waals surface area contributed by atoms with E-state index in [9.17, 15) is 4.79 Å². The zero-order chi connectivity index (χ0) is 14.3. The summed E-state index contributed by atoms with van der Waals surface area (Å²) in [4.78, 5) is 15.6. The van der Waals surface area contributed by atoms with Crippen LogP contribution in [0.5, 0.6) is 0 Å². The van der Waals surface area contributed by atoms with Crippen molar-refractivity contribution in [3.63, 3.8) is 0 Å². The highest BCUT2D eigenvalue weighted by atomic mass is 35.5. The third kappa shape index (κ3) is 2.70. The molecule has 0 atom stereocenters. The van der Waals surface area contributed by atoms with Crippen molar-refractivity contribution in [3.8, 4) is 0 Å². The van der Waals surface area contributed by atoms with Gasteiger partial charge in [0.15, 0.2) is 5.96 Å². The fraction of sp³-hybridized carbons (Fsp3) is 0.167. The molecule has 20 heavy (non-hydrogen) atoms. The quantitative estimate of drug-likeness (QED) is 0.620. The van der Waals surface area contributed by atoms with E-state index < -0.39 is 5.91 Å². The number of rotatable bonds is 1. The molecule has 1 amide bonds. The van der Waals surface area contributed by atoms with E-state index in [2.05, 4.69) is 4.99 Å². The number of carbonyl (C=O) groups is 1. The minimum absolute atomic E-state index is 0. The maximum absolute atomic E-state index is 12.0. The number of aromatic nitrogens is 1. The molecule has 0 aliphatic carbocycles. The van der Waals surface area contributed by atoms with Gasteiger partial charge in [-0.25, -0.2) is 0 Å². The number of amides is 1. The van der Waals surface area contributed by atoms with Crippen LogP contribution < -0.4 is 11.5 Å². The summed E-state index contributed by atoms with van der Waals surface area (Å²) in [6.45, 7) is 1.80. The monoisotopic (exact) mass is 334 g/mol. The molecule has 4 N–H and O–H groups in total. The third-order valence-electron chi connectivity index (χ3n) is 2.89. The topological polar surface area (TPSA) is 86.4 Å². The van der Waals surface area contributed by atoms with Gasteiger partial charge in [-0.05, 0) is 24.6 Å². The standard InChI is InChI=1S/C12H12Cl2N4O.ClH/c1-5-7-3-6(13)4-8(14)10(7)18(2)9(5)11(19)17-12(15)16;/h3-4H,1-2H3,(H4,15,16,17,19);1H. The van der Waals surface area contributed by atoms with Gasteiger partial charge in [0, 0.05) is 17.5 Å². The minimum atomic E-state index is -0.511. The molecule has 108 valence electrons. The number of carbonyl (C=O) groups excluding carboxylic acids is 1. The van der Waals surface area contributed by atoms with Crippen molar-refractivity contribution in [1.82, 2.24) is 4.57 Å². The van der Waals surface area contributed by atoms with Gasteiger partial charge in [-0.2, -0.15) is 4.99 Å². The molecule has 0 spiro atoms. The molecule has 2 aromatic rings. The summed E-state index contributed by atoms with van der Waals surface area (Å²) < 4.78 is 1.66. The summed E-state index contributed by atoms with van der Waals surface area (Å²) in [5.41, 5.74) is 12.3. The number of hydrogen-bond acceptors (Lipinski definition) is 1. The van der Waals surface area contributed by atoms with Gasteiger partial charge in [0.05, 0.1) is 10.5 Å². The van der Waals surface area contributed by atoms with Gasteiger partial charge >= 0.3 is 0 Å². The molecule has 0 aliphatic rings. The molecule has 2 rings (SSSR count). The molecule has 0 radical (unpaired) electrons. The molecule has 8 heteroatoms. The van der Waals surface area contributed by atoms with E-state index in [4.69, 9.17) is 34.7 Å². The average Bonchev–Trinajstić information content (AvgIpc) is 2.50. The highest BCUT2D eigenvalue weighted by Crippen LogP contribution is 2.33. The lowest BCUT2D eigenvalue weighted by Crippen LogP contribution is -2.24. The van der Waals surface area contributed by atoms with E-state index in [0.29, 0.717) is 15.7 Å². The van der Waals surface area contributed by atoms with Crippen molar-refractivity contribution >= 4 is 58.4 Å². The maximum atomic E-state index is 12.0. The smallest absolute Gasteiger partial charge is 0.297 e. The molecule has 1 aromatic carbocycles. The van der Waals surface area contributed by atoms with E-state index in [1.165, 1.54) is 0 Å². The number of halogens is 3. The SMILES string of the molecule is Cc1c(C(=O)N=C(N)N)n(C)c2c(Cl)cc(Cl)cc12.Cl. The van der Waals surface area contributed by atoms with Crippen LogP contribution in [0.2, 0.25) is 10.0 Å². The number of aryl methyl sites for hydroxylation is 2. The summed E-state index contributed by atoms with van der Waals surface area (Å²) in [7, 11) is 1.73. The van der Waals surface area contributed by atoms with Crippen molar-refractivity contribution < 1.29 is 4.79 Å². The molecule has 0 aliphatic heterocycles. The number of hydrogen-bond donors (Lipinski definition) is 2. The normalized spacial score (nSPS) is 10.2. The predicted octanol–water partition coefficient (Wildman–Crippen LogP) is 2.63. The van der Waals surface area contributed by atoms with Crippen LogP contribution in [-0.2, 0) is 7.05 Å². The maximum Gasteiger partial charge on any atom is 0.297 e. The lowest BCUT2D eigenvalue weighted by atomic mass is 10.1. The largest absolute Gasteiger partial charge is 0.370 e. The first-order chi connectivity index (χ1) is 8.82. The highest BCUT2D eigenvalue weighted by molar-refractivity contribution is 6.38. The Morgan fingerprint density at radius 3 is 2.45 bits per heavy atom. The van der Waals surface area contributed by atoms with Crippen molar-refractivity contribution in [1.29, 1.82) is 0 Å². The van der Waals surface area contributed by atoms with Gasteiger partial charge in [-0.1, -0.05) is 23.2 Å². The van der Waals surface area contributed by atoms with Crippen LogP contribution in [0.1, 0.15) is 16.1 Å². The number of fused-ring (bicyclic) bond motifs is 1. The van der Waals surface area contributed by atoms with Crippen molar-refractivity contribution in [2.75, 3.05) is 0 Å². The third-order valence-corrected chi connectivity index (χ3v) is 3.40. The Kier molecular flexibility index (Phi) is 4.91. The van der Waals surface area contributed by atoms with E-state index >= 15 is 0 Å². The number of aliphatic imine (C=N–C) groups is 1. The second-order valence-electron chi connectivity index (χ2n) is 4.16. The Balaban J connectivity index is 0.00000200. The molecular formula is C12H13Cl3N4O. The summed E-state index contributed by atoms with van der Waals surface area (Å²) in [6, 6.07) is 3.38. The number of guanidine groups is 1. The zero-order valence-electron chi connectivity index (χ0n) is 10.8. The van der Waals surface area contributed by atoms with Gasteiger partial charge in [-0.3, -0.25) is 4.79 Å². The van der Waals surface area contributed by atoms with Gasteiger partial charge in [0.2, 0.25) is 0 Å². The van der Waals surface area contributed by atoms with Crippen LogP contribution in [0.3, 0.4) is 0 Å². The predicted molar refractivity (Wildman–Crippen MR) is 85.1 cm³/mol. The summed E-state index contributed by atoms with van der Waals surface area (Å²) in [5.74, 6) is -0.790. The molecule has 1 heterocycles. The summed E-state index contributed by atoms with van der Waals surface area (Å²) >= 11 is 12.1. The Bertz CT molecular complexity index is 717. The van der Waals surface area contributed by atoms with E-state index in [1.54, 1.807) is 30.7 Å². The van der Waals surface area contributed by atoms with Gasteiger partial charge in [-0.15, -0.1) is 12.4 Å². The molecule has 0 saturated heterocycles. The average molecular weight is 336 g/mol. The van der Waals surface area contributed by atoms with E-state index in [1.807, 2.05) is 0 Å². The number of nitrogens with zero attached hydrogens (tertiary/aromatic N) is 2. The summed E-state index contributed by atoms with van der Waals surface area (Å²) in [6.07, 6.45) is 0. The van der Waals surface area contributed by atoms with Crippen LogP contribution in [0, 0.1) is 6.92 Å². The Labute approximate surface area is 131 Å². The Morgan fingerprint density at radius 2 is 1.90 bits per heavy atom. The molecule has 1 aromatic heterocycles. The Morgan fingerprint density at radius 1 is 1.30 bits per heavy atom. The van der Waals surface area contributed by atoms with Crippen LogP contribution in [0.15, 0.2) is 17.1 Å². The molecule has 0 unspecified atom stereocenters. The van der Waals surface area contributed by atoms with E-state index in [-0.39, 0.29) is 18.4 Å². The lowest BCUT2D eigenvalue weighted by molar-refractivity contribution is 0.0995. The van der Waals surface area contributed by atoms with Gasteiger partial charge in [0.1, 0.15) is 5.69 Å². The Hall–Kier alpha value is -1.43. The highest BCUT2D eigenvalue weighted by Gasteiger charge is 2.20. The van der Waals surface area contributed by atoms with Gasteiger partial charge in [0.25, 0.3) is 5.91 Å². The zero-order valence-corrected chi connectivity index (χ0v) is 13.1. The molecule has 5 nitrogen and oxygen atoms in total. The van der Waals surface area contributed by atoms with Crippen LogP contribution in [0.25, 0.3) is 10.9 Å². The molecule has 0 saturated carbocycles. The lowest BCUT2D eigenvalue weighted by Gasteiger charge is -2.02. The minimum Gasteiger partial charge on any atom is -0.370 e. The number of nitrogens with two attached hydrogens (primary N) is 2. The first-order valence-electron chi connectivity index (χ1n) is 5.41. The molecule has 0 bridgehead atoms. The van der Waals surface area contributed by atoms with Crippen molar-refractivity contribution in [2.24, 2.45) is 23.5 Å². The van der Waals surface area contributed by atoms with E-state index in [0.717, 1.165) is 16.5 Å². The fourth-order valence-electron chi connectivity index (χ4n) is 2.16. The van der Waals surface area contributed by atoms with Crippen LogP contribution >= 0.6 is 35.6 Å². The molecular weight excluding hydrogens is 323 g/mol. The second-order valence-corrected chi connectivity index (χ2v) is 5.00. The first-order valence-corrected chi connectivity index (χ1v) is 6.16. The van der Waals surface area contributed by atoms with Crippen molar-refractivity contribution in [2.45, 2.75) is 6.92 Å². The summed E-state index contributed by atoms with van der Waals surface area (Å²) in [5, 5.41) is 1.78.